The second-order valence-corrected chi connectivity index (χ2v) is 2.52. The summed E-state index contributed by atoms with van der Waals surface area (Å²) < 4.78 is 44.5. The van der Waals surface area contributed by atoms with Crippen LogP contribution in [0.15, 0.2) is 12.2 Å². The standard InChI is InChI=1S/C4H6O2.C3H4F4O/c1-3(2)4(5)6;1-2(4,5)3(6,7)8/h1H2,2H3,(H,5,6);8H,1H3. The number of hydrogen-bond acceptors (Lipinski definition) is 2. The van der Waals surface area contributed by atoms with Crippen LogP contribution in [0.2, 0.25) is 0 Å². The Kier molecular flexibility index (Phi) is 5.43. The van der Waals surface area contributed by atoms with E-state index >= 15 is 0 Å². The number of aliphatic carboxylic acids is 1. The Morgan fingerprint density at radius 1 is 1.29 bits per heavy atom. The molecule has 0 aliphatic carbocycles. The summed E-state index contributed by atoms with van der Waals surface area (Å²) in [6.45, 7) is 4.54. The lowest BCUT2D eigenvalue weighted by molar-refractivity contribution is -0.318. The van der Waals surface area contributed by atoms with Crippen LogP contribution in [0.1, 0.15) is 13.8 Å². The molecular weight excluding hydrogens is 208 g/mol. The molecule has 0 spiro atoms. The Bertz CT molecular complexity index is 190. The molecule has 0 rings (SSSR count). The fraction of sp³-hybridized carbons (Fsp3) is 0.571. The normalized spacial score (nSPS) is 11.4. The third-order valence-electron chi connectivity index (χ3n) is 0.893. The maximum Gasteiger partial charge on any atom is 0.416 e. The average Bonchev–Trinajstić information content (AvgIpc) is 1.83. The second kappa shape index (κ2) is 4.94. The summed E-state index contributed by atoms with van der Waals surface area (Å²) in [6.07, 6.45) is -4.90. The van der Waals surface area contributed by atoms with Crippen molar-refractivity contribution in [2.24, 2.45) is 0 Å². The van der Waals surface area contributed by atoms with Gasteiger partial charge in [0.25, 0.3) is 0 Å². The third kappa shape index (κ3) is 7.53. The van der Waals surface area contributed by atoms with Crippen LogP contribution in [0.5, 0.6) is 0 Å². The smallest absolute Gasteiger partial charge is 0.416 e. The van der Waals surface area contributed by atoms with Gasteiger partial charge in [-0.15, -0.1) is 0 Å². The monoisotopic (exact) mass is 218 g/mol. The first kappa shape index (κ1) is 15.4. The van der Waals surface area contributed by atoms with Crippen molar-refractivity contribution in [2.45, 2.75) is 25.9 Å². The highest BCUT2D eigenvalue weighted by molar-refractivity contribution is 5.84. The van der Waals surface area contributed by atoms with Crippen molar-refractivity contribution in [1.82, 2.24) is 0 Å². The van der Waals surface area contributed by atoms with E-state index in [-0.39, 0.29) is 12.5 Å². The van der Waals surface area contributed by atoms with Crippen LogP contribution in [0.3, 0.4) is 0 Å². The summed E-state index contributed by atoms with van der Waals surface area (Å²) in [5.41, 5.74) is 0.176. The number of alkyl halides is 4. The van der Waals surface area contributed by atoms with Crippen LogP contribution in [0.4, 0.5) is 17.6 Å². The molecule has 0 aromatic carbocycles. The predicted molar refractivity (Wildman–Crippen MR) is 40.2 cm³/mol. The van der Waals surface area contributed by atoms with E-state index in [4.69, 9.17) is 10.2 Å². The molecule has 0 aromatic heterocycles. The maximum absolute atomic E-state index is 11.2. The van der Waals surface area contributed by atoms with E-state index in [1.54, 1.807) is 0 Å². The van der Waals surface area contributed by atoms with Gasteiger partial charge < -0.3 is 10.2 Å². The Balaban J connectivity index is 0. The molecule has 7 heteroatoms. The molecule has 0 aliphatic heterocycles. The van der Waals surface area contributed by atoms with Gasteiger partial charge in [0, 0.05) is 12.5 Å². The number of rotatable bonds is 2. The molecule has 3 nitrogen and oxygen atoms in total. The number of hydrogen-bond donors (Lipinski definition) is 2. The third-order valence-corrected chi connectivity index (χ3v) is 0.893. The molecule has 14 heavy (non-hydrogen) atoms. The van der Waals surface area contributed by atoms with E-state index in [1.165, 1.54) is 6.92 Å². The summed E-state index contributed by atoms with van der Waals surface area (Å²) in [6, 6.07) is 0. The minimum absolute atomic E-state index is 0.0625. The Morgan fingerprint density at radius 3 is 1.43 bits per heavy atom. The highest BCUT2D eigenvalue weighted by Crippen LogP contribution is 2.30. The molecule has 0 fully saturated rings. The van der Waals surface area contributed by atoms with Gasteiger partial charge in [-0.05, 0) is 6.92 Å². The summed E-state index contributed by atoms with van der Waals surface area (Å²) in [7, 11) is 0. The topological polar surface area (TPSA) is 57.5 Å². The Morgan fingerprint density at radius 2 is 1.43 bits per heavy atom. The van der Waals surface area contributed by atoms with Crippen LogP contribution in [0.25, 0.3) is 0 Å². The highest BCUT2D eigenvalue weighted by Gasteiger charge is 2.50. The predicted octanol–water partition coefficient (Wildman–Crippen LogP) is 1.87. The first-order chi connectivity index (χ1) is 5.89. The van der Waals surface area contributed by atoms with Crippen molar-refractivity contribution < 1.29 is 32.6 Å². The molecule has 0 heterocycles. The van der Waals surface area contributed by atoms with Gasteiger partial charge in [-0.25, -0.2) is 4.79 Å². The first-order valence-electron chi connectivity index (χ1n) is 3.26. The minimum atomic E-state index is -4.90. The number of carboxylic acid groups (broad SMARTS) is 1. The zero-order valence-corrected chi connectivity index (χ0v) is 7.52. The quantitative estimate of drug-likeness (QED) is 0.549. The SMILES string of the molecule is C=C(C)C(=O)O.CC(F)(F)C(O)(F)F. The van der Waals surface area contributed by atoms with Crippen molar-refractivity contribution in [3.05, 3.63) is 12.2 Å². The molecule has 2 N–H and O–H groups in total. The largest absolute Gasteiger partial charge is 0.478 e. The lowest BCUT2D eigenvalue weighted by Gasteiger charge is -2.15. The van der Waals surface area contributed by atoms with Gasteiger partial charge in [-0.2, -0.15) is 17.6 Å². The van der Waals surface area contributed by atoms with Crippen molar-refractivity contribution in [3.8, 4) is 0 Å². The molecule has 84 valence electrons. The van der Waals surface area contributed by atoms with Crippen LogP contribution >= 0.6 is 0 Å². The molecular formula is C7H10F4O3. The van der Waals surface area contributed by atoms with E-state index in [1.807, 2.05) is 0 Å². The van der Waals surface area contributed by atoms with Crippen molar-refractivity contribution in [1.29, 1.82) is 0 Å². The van der Waals surface area contributed by atoms with Gasteiger partial charge in [0.2, 0.25) is 0 Å². The van der Waals surface area contributed by atoms with E-state index < -0.39 is 18.0 Å². The van der Waals surface area contributed by atoms with Crippen LogP contribution in [0, 0.1) is 0 Å². The highest BCUT2D eigenvalue weighted by atomic mass is 19.3. The van der Waals surface area contributed by atoms with Crippen molar-refractivity contribution in [3.63, 3.8) is 0 Å². The number of carboxylic acids is 1. The van der Waals surface area contributed by atoms with Gasteiger partial charge in [0.15, 0.2) is 0 Å². The summed E-state index contributed by atoms with van der Waals surface area (Å²) in [5.74, 6) is -5.28. The van der Waals surface area contributed by atoms with Gasteiger partial charge in [0.1, 0.15) is 0 Å². The Labute approximate surface area is 77.7 Å². The molecule has 0 radical (unpaired) electrons. The molecule has 0 aromatic rings. The summed E-state index contributed by atoms with van der Waals surface area (Å²) >= 11 is 0. The molecule has 0 aliphatic rings. The lowest BCUT2D eigenvalue weighted by atomic mass is 10.4. The van der Waals surface area contributed by atoms with Crippen LogP contribution in [-0.4, -0.2) is 28.2 Å². The fourth-order valence-corrected chi connectivity index (χ4v) is 0. The molecule has 0 bridgehead atoms. The summed E-state index contributed by atoms with van der Waals surface area (Å²) in [4.78, 5) is 9.60. The summed E-state index contributed by atoms with van der Waals surface area (Å²) in [5, 5.41) is 15.2. The zero-order chi connectivity index (χ0) is 12.2. The first-order valence-corrected chi connectivity index (χ1v) is 3.26. The van der Waals surface area contributed by atoms with Crippen molar-refractivity contribution in [2.75, 3.05) is 0 Å². The molecule has 0 atom stereocenters. The molecule has 0 unspecified atom stereocenters. The van der Waals surface area contributed by atoms with Crippen molar-refractivity contribution >= 4 is 5.97 Å². The molecule has 0 saturated heterocycles. The Hall–Kier alpha value is -1.11. The maximum atomic E-state index is 11.2. The van der Waals surface area contributed by atoms with Gasteiger partial charge in [-0.1, -0.05) is 6.58 Å². The van der Waals surface area contributed by atoms with E-state index in [0.29, 0.717) is 0 Å². The van der Waals surface area contributed by atoms with E-state index in [2.05, 4.69) is 6.58 Å². The molecule has 0 amide bonds. The van der Waals surface area contributed by atoms with Crippen LogP contribution in [-0.2, 0) is 4.79 Å². The van der Waals surface area contributed by atoms with Gasteiger partial charge in [0.05, 0.1) is 0 Å². The second-order valence-electron chi connectivity index (χ2n) is 2.52. The number of carbonyl (C=O) groups is 1. The molecule has 0 saturated carbocycles. The van der Waals surface area contributed by atoms with E-state index in [9.17, 15) is 22.4 Å². The number of halogens is 4. The van der Waals surface area contributed by atoms with Crippen LogP contribution < -0.4 is 0 Å². The van der Waals surface area contributed by atoms with E-state index in [0.717, 1.165) is 0 Å². The zero-order valence-electron chi connectivity index (χ0n) is 7.52. The minimum Gasteiger partial charge on any atom is -0.478 e. The van der Waals surface area contributed by atoms with Gasteiger partial charge in [-0.3, -0.25) is 0 Å². The fourth-order valence-electron chi connectivity index (χ4n) is 0. The van der Waals surface area contributed by atoms with Gasteiger partial charge >= 0.3 is 18.0 Å². The lowest BCUT2D eigenvalue weighted by Crippen LogP contribution is -2.36. The number of aliphatic hydroxyl groups is 1. The average molecular weight is 218 g/mol.